The van der Waals surface area contributed by atoms with Crippen LogP contribution >= 0.6 is 0 Å². The fraction of sp³-hybridized carbons (Fsp3) is 0.632. The van der Waals surface area contributed by atoms with Gasteiger partial charge in [-0.15, -0.1) is 5.06 Å². The van der Waals surface area contributed by atoms with Crippen LogP contribution in [0.4, 0.5) is 0 Å². The van der Waals surface area contributed by atoms with Crippen molar-refractivity contribution in [1.29, 1.82) is 0 Å². The van der Waals surface area contributed by atoms with Crippen LogP contribution in [0.2, 0.25) is 0 Å². The van der Waals surface area contributed by atoms with Crippen molar-refractivity contribution in [2.24, 2.45) is 0 Å². The minimum Gasteiger partial charge on any atom is -0.396 e. The van der Waals surface area contributed by atoms with E-state index in [9.17, 15) is 33.6 Å². The van der Waals surface area contributed by atoms with E-state index in [1.807, 2.05) is 0 Å². The van der Waals surface area contributed by atoms with Gasteiger partial charge in [0.1, 0.15) is 5.78 Å². The molecule has 0 atom stereocenters. The quantitative estimate of drug-likeness (QED) is 0.405. The number of imide groups is 4. The van der Waals surface area contributed by atoms with Gasteiger partial charge in [-0.1, -0.05) is 0 Å². The summed E-state index contributed by atoms with van der Waals surface area (Å²) in [6.07, 6.45) is 1.19. The van der Waals surface area contributed by atoms with Crippen LogP contribution in [0.3, 0.4) is 0 Å². The topological polar surface area (TPSA) is 176 Å². The smallest absolute Gasteiger partial charge is 0.333 e. The van der Waals surface area contributed by atoms with Gasteiger partial charge in [0.2, 0.25) is 17.7 Å². The number of aliphatic hydroxyl groups is 2. The molecule has 2 heterocycles. The van der Waals surface area contributed by atoms with Gasteiger partial charge in [-0.05, 0) is 12.8 Å². The van der Waals surface area contributed by atoms with Gasteiger partial charge in [0.25, 0.3) is 11.8 Å². The molecule has 12 nitrogen and oxygen atoms in total. The van der Waals surface area contributed by atoms with Gasteiger partial charge >= 0.3 is 5.97 Å². The molecule has 2 saturated heterocycles. The first-order valence-corrected chi connectivity index (χ1v) is 9.89. The molecule has 0 unspecified atom stereocenters. The molecule has 2 fully saturated rings. The Morgan fingerprint density at radius 1 is 0.710 bits per heavy atom. The Hall–Kier alpha value is -2.99. The minimum atomic E-state index is -0.678. The maximum absolute atomic E-state index is 11.5. The average molecular weight is 442 g/mol. The monoisotopic (exact) mass is 442 g/mol. The highest BCUT2D eigenvalue weighted by Crippen LogP contribution is 2.14. The van der Waals surface area contributed by atoms with E-state index in [2.05, 4.69) is 4.84 Å². The number of carbonyl (C=O) groups excluding carboxylic acids is 7. The van der Waals surface area contributed by atoms with Crippen LogP contribution in [0.5, 0.6) is 0 Å². The second kappa shape index (κ2) is 13.3. The molecule has 12 heteroatoms. The first kappa shape index (κ1) is 26.0. The Morgan fingerprint density at radius 3 is 1.77 bits per heavy atom. The number of nitrogens with zero attached hydrogens (tertiary/aromatic N) is 2. The van der Waals surface area contributed by atoms with Crippen LogP contribution < -0.4 is 0 Å². The second-order valence-electron chi connectivity index (χ2n) is 6.75. The number of ketones is 1. The Kier molecular flexibility index (Phi) is 11.2. The molecule has 0 aromatic heterocycles. The zero-order valence-electron chi connectivity index (χ0n) is 17.0. The molecule has 0 aliphatic carbocycles. The lowest BCUT2D eigenvalue weighted by molar-refractivity contribution is -0.197. The summed E-state index contributed by atoms with van der Waals surface area (Å²) in [5, 5.41) is 17.4. The highest BCUT2D eigenvalue weighted by Gasteiger charge is 2.34. The van der Waals surface area contributed by atoms with Crippen molar-refractivity contribution in [2.45, 2.75) is 64.2 Å². The van der Waals surface area contributed by atoms with Crippen LogP contribution in [0.15, 0.2) is 0 Å². The highest BCUT2D eigenvalue weighted by molar-refractivity contribution is 6.15. The summed E-state index contributed by atoms with van der Waals surface area (Å²) in [4.78, 5) is 83.1. The van der Waals surface area contributed by atoms with E-state index in [1.165, 1.54) is 0 Å². The van der Waals surface area contributed by atoms with Gasteiger partial charge in [-0.3, -0.25) is 28.8 Å². The summed E-state index contributed by atoms with van der Waals surface area (Å²) < 4.78 is 0. The zero-order valence-corrected chi connectivity index (χ0v) is 17.0. The third kappa shape index (κ3) is 8.72. The summed E-state index contributed by atoms with van der Waals surface area (Å²) in [5.41, 5.74) is 0. The van der Waals surface area contributed by atoms with E-state index >= 15 is 0 Å². The predicted octanol–water partition coefficient (Wildman–Crippen LogP) is -0.850. The summed E-state index contributed by atoms with van der Waals surface area (Å²) in [6, 6.07) is 0. The number of hydrogen-bond acceptors (Lipinski definition) is 10. The van der Waals surface area contributed by atoms with E-state index in [0.717, 1.165) is 0 Å². The number of rotatable bonds is 10. The number of amides is 5. The van der Waals surface area contributed by atoms with Crippen molar-refractivity contribution in [3.05, 3.63) is 0 Å². The lowest BCUT2D eigenvalue weighted by Gasteiger charge is -2.11. The second-order valence-corrected chi connectivity index (χ2v) is 6.75. The molecule has 0 aromatic carbocycles. The van der Waals surface area contributed by atoms with E-state index in [1.54, 1.807) is 0 Å². The molecule has 2 aliphatic rings. The molecule has 0 radical (unpaired) electrons. The summed E-state index contributed by atoms with van der Waals surface area (Å²) in [7, 11) is 0. The van der Waals surface area contributed by atoms with Crippen molar-refractivity contribution in [2.75, 3.05) is 13.2 Å². The molecule has 0 saturated carbocycles. The number of Topliss-reactive ketones (excluding diaryl/α,β-unsaturated/α-hetero) is 1. The van der Waals surface area contributed by atoms with E-state index < -0.39 is 35.5 Å². The van der Waals surface area contributed by atoms with Crippen LogP contribution in [-0.2, 0) is 38.4 Å². The molecule has 2 rings (SSSR count). The number of hydrogen-bond donors (Lipinski definition) is 2. The fourth-order valence-electron chi connectivity index (χ4n) is 2.68. The van der Waals surface area contributed by atoms with E-state index in [4.69, 9.17) is 10.2 Å². The average Bonchev–Trinajstić information content (AvgIpc) is 3.22. The van der Waals surface area contributed by atoms with Crippen LogP contribution in [0, 0.1) is 0 Å². The number of hydroxylamine groups is 2. The van der Waals surface area contributed by atoms with Gasteiger partial charge in [-0.2, -0.15) is 0 Å². The zero-order chi connectivity index (χ0) is 23.4. The van der Waals surface area contributed by atoms with Crippen LogP contribution in [-0.4, -0.2) is 74.7 Å². The molecular formula is C19H26N2O10. The molecule has 0 spiro atoms. The Morgan fingerprint density at radius 2 is 1.26 bits per heavy atom. The van der Waals surface area contributed by atoms with Crippen molar-refractivity contribution in [3.63, 3.8) is 0 Å². The first-order valence-electron chi connectivity index (χ1n) is 9.89. The standard InChI is InChI=1S/C11H15NO5.C8H11NO5/c13-7-6-8(14)2-1-3-9(15)12-10(16)4-5-11(12)17;10-5-1-2-8(13)14-9-6(11)3-4-7(9)12/h13H,1-7H2;10H,1-5H2. The third-order valence-electron chi connectivity index (χ3n) is 4.28. The molecule has 2 aliphatic heterocycles. The predicted molar refractivity (Wildman–Crippen MR) is 100 cm³/mol. The van der Waals surface area contributed by atoms with Gasteiger partial charge in [0.05, 0.1) is 6.42 Å². The van der Waals surface area contributed by atoms with Gasteiger partial charge in [-0.25, -0.2) is 9.69 Å². The van der Waals surface area contributed by atoms with Gasteiger partial charge in [0.15, 0.2) is 0 Å². The summed E-state index contributed by atoms with van der Waals surface area (Å²) >= 11 is 0. The van der Waals surface area contributed by atoms with E-state index in [0.29, 0.717) is 16.4 Å². The van der Waals surface area contributed by atoms with Gasteiger partial charge in [0, 0.05) is 58.2 Å². The maximum atomic E-state index is 11.5. The normalized spacial score (nSPS) is 15.8. The Labute approximate surface area is 178 Å². The fourth-order valence-corrected chi connectivity index (χ4v) is 2.68. The number of likely N-dealkylation sites (tertiary alicyclic amines) is 1. The SMILES string of the molecule is O=C(CCCO)ON1C(=O)CCC1=O.O=C(CCO)CCCC(=O)N1C(=O)CCC1=O. The maximum Gasteiger partial charge on any atom is 0.333 e. The molecule has 2 N–H and O–H groups in total. The third-order valence-corrected chi connectivity index (χ3v) is 4.28. The van der Waals surface area contributed by atoms with Crippen molar-refractivity contribution in [1.82, 2.24) is 9.96 Å². The molecule has 0 aromatic rings. The Balaban J connectivity index is 0.000000316. The first-order chi connectivity index (χ1) is 14.7. The largest absolute Gasteiger partial charge is 0.396 e. The summed E-state index contributed by atoms with van der Waals surface area (Å²) in [6.45, 7) is -0.327. The molecule has 172 valence electrons. The minimum absolute atomic E-state index is 0.00639. The molecule has 5 amide bonds. The van der Waals surface area contributed by atoms with Gasteiger partial charge < -0.3 is 15.1 Å². The summed E-state index contributed by atoms with van der Waals surface area (Å²) in [5.74, 6) is -3.24. The van der Waals surface area contributed by atoms with Crippen molar-refractivity contribution >= 4 is 41.3 Å². The molecule has 0 bridgehead atoms. The Bertz CT molecular complexity index is 701. The molecular weight excluding hydrogens is 416 g/mol. The van der Waals surface area contributed by atoms with Crippen molar-refractivity contribution < 1.29 is 48.6 Å². The van der Waals surface area contributed by atoms with Crippen LogP contribution in [0.25, 0.3) is 0 Å². The number of carbonyl (C=O) groups is 7. The lowest BCUT2D eigenvalue weighted by atomic mass is 10.1. The number of aliphatic hydroxyl groups excluding tert-OH is 2. The highest BCUT2D eigenvalue weighted by atomic mass is 16.7. The lowest BCUT2D eigenvalue weighted by Crippen LogP contribution is -2.35. The van der Waals surface area contributed by atoms with Crippen molar-refractivity contribution in [3.8, 4) is 0 Å². The van der Waals surface area contributed by atoms with E-state index in [-0.39, 0.29) is 76.8 Å². The molecule has 31 heavy (non-hydrogen) atoms. The van der Waals surface area contributed by atoms with Crippen LogP contribution in [0.1, 0.15) is 64.2 Å².